The van der Waals surface area contributed by atoms with Crippen LogP contribution in [0.3, 0.4) is 0 Å². The Morgan fingerprint density at radius 2 is 1.95 bits per heavy atom. The number of ether oxygens (including phenoxy) is 1. The molecule has 106 valence electrons. The summed E-state index contributed by atoms with van der Waals surface area (Å²) in [5.41, 5.74) is 4.97. The molecule has 0 bridgehead atoms. The van der Waals surface area contributed by atoms with Crippen LogP contribution >= 0.6 is 27.5 Å². The first-order valence-electron chi connectivity index (χ1n) is 6.18. The summed E-state index contributed by atoms with van der Waals surface area (Å²) in [6.45, 7) is 0. The predicted octanol–water partition coefficient (Wildman–Crippen LogP) is 3.86. The van der Waals surface area contributed by atoms with E-state index in [1.165, 1.54) is 0 Å². The first kappa shape index (κ1) is 15.3. The Hall–Kier alpha value is -1.07. The zero-order valence-corrected chi connectivity index (χ0v) is 13.4. The normalized spacial score (nSPS) is 12.2. The Balaban J connectivity index is 2.26. The highest BCUT2D eigenvalue weighted by atomic mass is 79.9. The fourth-order valence-electron chi connectivity index (χ4n) is 2.09. The van der Waals surface area contributed by atoms with Crippen LogP contribution in [0, 0.1) is 0 Å². The quantitative estimate of drug-likeness (QED) is 0.632. The molecule has 1 unspecified atom stereocenters. The zero-order valence-electron chi connectivity index (χ0n) is 11.1. The van der Waals surface area contributed by atoms with Gasteiger partial charge in [-0.25, -0.2) is 0 Å². The van der Waals surface area contributed by atoms with Gasteiger partial charge in [0.2, 0.25) is 0 Å². The highest BCUT2D eigenvalue weighted by Gasteiger charge is 2.14. The molecule has 0 fully saturated rings. The lowest BCUT2D eigenvalue weighted by atomic mass is 9.99. The monoisotopic (exact) mass is 354 g/mol. The second-order valence-corrected chi connectivity index (χ2v) is 5.78. The molecule has 2 aromatic carbocycles. The van der Waals surface area contributed by atoms with E-state index < -0.39 is 0 Å². The zero-order chi connectivity index (χ0) is 14.5. The highest BCUT2D eigenvalue weighted by Crippen LogP contribution is 2.28. The van der Waals surface area contributed by atoms with Crippen LogP contribution in [0.25, 0.3) is 0 Å². The molecule has 20 heavy (non-hydrogen) atoms. The molecule has 2 rings (SSSR count). The van der Waals surface area contributed by atoms with Crippen molar-refractivity contribution in [1.29, 1.82) is 0 Å². The van der Waals surface area contributed by atoms with E-state index in [1.54, 1.807) is 7.11 Å². The number of methoxy groups -OCH3 is 1. The minimum atomic E-state index is -0.00420. The number of hydrogen-bond donors (Lipinski definition) is 2. The summed E-state index contributed by atoms with van der Waals surface area (Å²) in [6.07, 6.45) is 0.696. The molecule has 0 aliphatic rings. The third-order valence-electron chi connectivity index (χ3n) is 3.14. The van der Waals surface area contributed by atoms with Crippen molar-refractivity contribution in [3.63, 3.8) is 0 Å². The van der Waals surface area contributed by atoms with Crippen molar-refractivity contribution in [2.45, 2.75) is 12.5 Å². The fraction of sp³-hybridized carbons (Fsp3) is 0.200. The molecule has 0 heterocycles. The van der Waals surface area contributed by atoms with Gasteiger partial charge in [0.15, 0.2) is 0 Å². The molecular weight excluding hydrogens is 340 g/mol. The maximum atomic E-state index is 6.05. The minimum absolute atomic E-state index is 0.00420. The SMILES string of the molecule is COc1ccc(Cl)cc1CC(NN)c1ccc(Br)cc1. The van der Waals surface area contributed by atoms with Crippen LogP contribution in [-0.2, 0) is 6.42 Å². The summed E-state index contributed by atoms with van der Waals surface area (Å²) in [7, 11) is 1.65. The molecular formula is C15H16BrClN2O. The van der Waals surface area contributed by atoms with Gasteiger partial charge in [-0.3, -0.25) is 11.3 Å². The van der Waals surface area contributed by atoms with Gasteiger partial charge in [-0.2, -0.15) is 0 Å². The number of nitrogens with one attached hydrogen (secondary N) is 1. The summed E-state index contributed by atoms with van der Waals surface area (Å²) >= 11 is 9.48. The predicted molar refractivity (Wildman–Crippen MR) is 85.9 cm³/mol. The van der Waals surface area contributed by atoms with E-state index in [0.29, 0.717) is 11.4 Å². The van der Waals surface area contributed by atoms with Crippen LogP contribution in [0.4, 0.5) is 0 Å². The molecule has 1 atom stereocenters. The Labute approximate surface area is 132 Å². The molecule has 0 amide bonds. The van der Waals surface area contributed by atoms with Crippen LogP contribution < -0.4 is 16.0 Å². The van der Waals surface area contributed by atoms with Crippen molar-refractivity contribution >= 4 is 27.5 Å². The minimum Gasteiger partial charge on any atom is -0.496 e. The molecule has 0 saturated carbocycles. The molecule has 0 saturated heterocycles. The number of halogens is 2. The fourth-order valence-corrected chi connectivity index (χ4v) is 2.55. The number of hydrogen-bond acceptors (Lipinski definition) is 3. The van der Waals surface area contributed by atoms with Crippen molar-refractivity contribution in [2.75, 3.05) is 7.11 Å². The molecule has 3 N–H and O–H groups in total. The molecule has 5 heteroatoms. The van der Waals surface area contributed by atoms with E-state index >= 15 is 0 Å². The molecule has 0 aliphatic carbocycles. The Morgan fingerprint density at radius 3 is 2.55 bits per heavy atom. The molecule has 3 nitrogen and oxygen atoms in total. The number of rotatable bonds is 5. The number of benzene rings is 2. The van der Waals surface area contributed by atoms with Gasteiger partial charge in [-0.15, -0.1) is 0 Å². The summed E-state index contributed by atoms with van der Waals surface area (Å²) in [6, 6.07) is 13.6. The van der Waals surface area contributed by atoms with Gasteiger partial charge in [0.05, 0.1) is 13.2 Å². The van der Waals surface area contributed by atoms with Crippen molar-refractivity contribution in [2.24, 2.45) is 5.84 Å². The number of nitrogens with two attached hydrogens (primary N) is 1. The van der Waals surface area contributed by atoms with E-state index in [2.05, 4.69) is 21.4 Å². The molecule has 0 radical (unpaired) electrons. The van der Waals surface area contributed by atoms with E-state index in [4.69, 9.17) is 22.2 Å². The summed E-state index contributed by atoms with van der Waals surface area (Å²) < 4.78 is 6.41. The average Bonchev–Trinajstić information content (AvgIpc) is 2.46. The smallest absolute Gasteiger partial charge is 0.122 e. The van der Waals surface area contributed by atoms with Gasteiger partial charge in [0.1, 0.15) is 5.75 Å². The maximum Gasteiger partial charge on any atom is 0.122 e. The Kier molecular flexibility index (Phi) is 5.43. The van der Waals surface area contributed by atoms with Gasteiger partial charge in [0.25, 0.3) is 0 Å². The topological polar surface area (TPSA) is 47.3 Å². The maximum absolute atomic E-state index is 6.05. The van der Waals surface area contributed by atoms with Gasteiger partial charge in [-0.05, 0) is 47.9 Å². The van der Waals surface area contributed by atoms with Gasteiger partial charge < -0.3 is 4.74 Å². The van der Waals surface area contributed by atoms with Gasteiger partial charge in [0, 0.05) is 9.50 Å². The summed E-state index contributed by atoms with van der Waals surface area (Å²) in [4.78, 5) is 0. The first-order valence-corrected chi connectivity index (χ1v) is 7.35. The summed E-state index contributed by atoms with van der Waals surface area (Å²) in [5.74, 6) is 6.50. The van der Waals surface area contributed by atoms with E-state index in [-0.39, 0.29) is 6.04 Å². The van der Waals surface area contributed by atoms with Crippen molar-refractivity contribution in [3.8, 4) is 5.75 Å². The average molecular weight is 356 g/mol. The lowest BCUT2D eigenvalue weighted by Gasteiger charge is -2.18. The molecule has 0 aromatic heterocycles. The lowest BCUT2D eigenvalue weighted by molar-refractivity contribution is 0.405. The third kappa shape index (κ3) is 3.73. The van der Waals surface area contributed by atoms with Crippen molar-refractivity contribution < 1.29 is 4.74 Å². The van der Waals surface area contributed by atoms with Gasteiger partial charge >= 0.3 is 0 Å². The molecule has 0 aliphatic heterocycles. The standard InChI is InChI=1S/C15H16BrClN2O/c1-20-15-7-6-13(17)8-11(15)9-14(19-18)10-2-4-12(16)5-3-10/h2-8,14,19H,9,18H2,1H3. The van der Waals surface area contributed by atoms with Crippen LogP contribution in [-0.4, -0.2) is 7.11 Å². The molecule has 0 spiro atoms. The van der Waals surface area contributed by atoms with Crippen molar-refractivity contribution in [1.82, 2.24) is 5.43 Å². The molecule has 2 aromatic rings. The van der Waals surface area contributed by atoms with Crippen LogP contribution in [0.15, 0.2) is 46.9 Å². The Morgan fingerprint density at radius 1 is 1.25 bits per heavy atom. The van der Waals surface area contributed by atoms with E-state index in [0.717, 1.165) is 21.3 Å². The van der Waals surface area contributed by atoms with Crippen LogP contribution in [0.1, 0.15) is 17.2 Å². The van der Waals surface area contributed by atoms with Crippen LogP contribution in [0.5, 0.6) is 5.75 Å². The number of hydrazine groups is 1. The van der Waals surface area contributed by atoms with E-state index in [9.17, 15) is 0 Å². The second-order valence-electron chi connectivity index (χ2n) is 4.43. The van der Waals surface area contributed by atoms with Gasteiger partial charge in [-0.1, -0.05) is 39.7 Å². The summed E-state index contributed by atoms with van der Waals surface area (Å²) in [5, 5.41) is 0.687. The first-order chi connectivity index (χ1) is 9.63. The van der Waals surface area contributed by atoms with Crippen molar-refractivity contribution in [3.05, 3.63) is 63.1 Å². The highest BCUT2D eigenvalue weighted by molar-refractivity contribution is 9.10. The second kappa shape index (κ2) is 7.09. The largest absolute Gasteiger partial charge is 0.496 e. The Bertz CT molecular complexity index is 575. The van der Waals surface area contributed by atoms with E-state index in [1.807, 2.05) is 42.5 Å². The lowest BCUT2D eigenvalue weighted by Crippen LogP contribution is -2.29. The van der Waals surface area contributed by atoms with Crippen LogP contribution in [0.2, 0.25) is 5.02 Å². The third-order valence-corrected chi connectivity index (χ3v) is 3.90.